The molecule has 3 rings (SSSR count). The van der Waals surface area contributed by atoms with Gasteiger partial charge in [0, 0.05) is 24.9 Å². The van der Waals surface area contributed by atoms with Gasteiger partial charge in [-0.3, -0.25) is 4.79 Å². The normalized spacial score (nSPS) is 17.6. The van der Waals surface area contributed by atoms with E-state index in [9.17, 15) is 18.0 Å². The van der Waals surface area contributed by atoms with Crippen molar-refractivity contribution in [2.75, 3.05) is 6.54 Å². The first kappa shape index (κ1) is 15.1. The van der Waals surface area contributed by atoms with E-state index in [0.717, 1.165) is 6.07 Å². The molecule has 1 aromatic carbocycles. The summed E-state index contributed by atoms with van der Waals surface area (Å²) in [6.45, 7) is 0.248. The molecule has 1 fully saturated rings. The third kappa shape index (κ3) is 2.90. The first-order valence-electron chi connectivity index (χ1n) is 6.84. The van der Waals surface area contributed by atoms with Crippen molar-refractivity contribution in [3.05, 3.63) is 52.9 Å². The second-order valence-electron chi connectivity index (χ2n) is 5.32. The zero-order chi connectivity index (χ0) is 16.6. The fourth-order valence-corrected chi connectivity index (χ4v) is 2.69. The van der Waals surface area contributed by atoms with Crippen molar-refractivity contribution in [1.82, 2.24) is 14.9 Å². The highest BCUT2D eigenvalue weighted by Crippen LogP contribution is 2.32. The Morgan fingerprint density at radius 3 is 2.87 bits per heavy atom. The fourth-order valence-electron chi connectivity index (χ4n) is 2.69. The number of benzene rings is 1. The summed E-state index contributed by atoms with van der Waals surface area (Å²) >= 11 is 0. The van der Waals surface area contributed by atoms with Gasteiger partial charge < -0.3 is 9.88 Å². The molecule has 1 N–H and O–H groups in total. The van der Waals surface area contributed by atoms with Crippen molar-refractivity contribution in [2.24, 2.45) is 0 Å². The molecule has 1 amide bonds. The first-order valence-corrected chi connectivity index (χ1v) is 6.84. The summed E-state index contributed by atoms with van der Waals surface area (Å²) in [5, 5.41) is 8.72. The van der Waals surface area contributed by atoms with Crippen molar-refractivity contribution < 1.29 is 18.0 Å². The standard InChI is InChI=1S/C15H11F3N4O/c16-9-2-11(15(18)12(17)3-9)8-1-14(23)22(6-8)7-13-20-5-10(4-19)21-13/h2-3,5,8H,1,6-7H2,(H,20,21). The number of carbonyl (C=O) groups excluding carboxylic acids is 1. The van der Waals surface area contributed by atoms with Gasteiger partial charge in [0.25, 0.3) is 0 Å². The molecule has 118 valence electrons. The number of halogens is 3. The molecular weight excluding hydrogens is 309 g/mol. The lowest BCUT2D eigenvalue weighted by molar-refractivity contribution is -0.128. The molecule has 2 heterocycles. The lowest BCUT2D eigenvalue weighted by Gasteiger charge is -2.15. The molecule has 1 aliphatic heterocycles. The Morgan fingerprint density at radius 2 is 2.17 bits per heavy atom. The fraction of sp³-hybridized carbons (Fsp3) is 0.267. The average Bonchev–Trinajstić information content (AvgIpc) is 3.10. The van der Waals surface area contributed by atoms with Gasteiger partial charge in [0.2, 0.25) is 5.91 Å². The summed E-state index contributed by atoms with van der Waals surface area (Å²) in [5.41, 5.74) is 0.122. The maximum Gasteiger partial charge on any atom is 0.223 e. The average molecular weight is 320 g/mol. The molecule has 8 heteroatoms. The SMILES string of the molecule is N#Cc1cnc(CN2CC(c3cc(F)cc(F)c3F)CC2=O)[nH]1. The Morgan fingerprint density at radius 1 is 1.39 bits per heavy atom. The number of rotatable bonds is 3. The summed E-state index contributed by atoms with van der Waals surface area (Å²) in [5.74, 6) is -3.76. The number of imidazole rings is 1. The Balaban J connectivity index is 1.79. The van der Waals surface area contributed by atoms with E-state index >= 15 is 0 Å². The van der Waals surface area contributed by atoms with Gasteiger partial charge in [0.1, 0.15) is 23.4 Å². The zero-order valence-corrected chi connectivity index (χ0v) is 11.8. The Kier molecular flexibility index (Phi) is 3.78. The molecule has 1 atom stereocenters. The van der Waals surface area contributed by atoms with Gasteiger partial charge >= 0.3 is 0 Å². The van der Waals surface area contributed by atoms with E-state index in [1.54, 1.807) is 0 Å². The van der Waals surface area contributed by atoms with Crippen molar-refractivity contribution in [1.29, 1.82) is 5.26 Å². The monoisotopic (exact) mass is 320 g/mol. The van der Waals surface area contributed by atoms with E-state index < -0.39 is 23.4 Å². The number of aromatic nitrogens is 2. The van der Waals surface area contributed by atoms with Crippen LogP contribution in [0.15, 0.2) is 18.3 Å². The maximum absolute atomic E-state index is 13.8. The van der Waals surface area contributed by atoms with Crippen LogP contribution in [-0.4, -0.2) is 27.3 Å². The molecule has 2 aromatic rings. The summed E-state index contributed by atoms with van der Waals surface area (Å²) in [4.78, 5) is 20.1. The van der Waals surface area contributed by atoms with E-state index in [4.69, 9.17) is 5.26 Å². The van der Waals surface area contributed by atoms with E-state index in [1.165, 1.54) is 11.1 Å². The van der Waals surface area contributed by atoms with Crippen LogP contribution in [0, 0.1) is 28.8 Å². The number of carbonyl (C=O) groups is 1. The molecule has 1 saturated heterocycles. The van der Waals surface area contributed by atoms with Crippen LogP contribution >= 0.6 is 0 Å². The number of hydrogen-bond donors (Lipinski definition) is 1. The quantitative estimate of drug-likeness (QED) is 0.881. The first-order chi connectivity index (χ1) is 11.0. The molecule has 5 nitrogen and oxygen atoms in total. The van der Waals surface area contributed by atoms with E-state index in [-0.39, 0.29) is 36.7 Å². The number of nitriles is 1. The lowest BCUT2D eigenvalue weighted by Crippen LogP contribution is -2.25. The number of nitrogens with zero attached hydrogens (tertiary/aromatic N) is 3. The second-order valence-corrected chi connectivity index (χ2v) is 5.32. The van der Waals surface area contributed by atoms with E-state index in [1.807, 2.05) is 6.07 Å². The van der Waals surface area contributed by atoms with Gasteiger partial charge in [-0.15, -0.1) is 0 Å². The highest BCUT2D eigenvalue weighted by molar-refractivity contribution is 5.79. The Bertz CT molecular complexity index is 812. The number of H-pyrrole nitrogens is 1. The minimum atomic E-state index is -1.27. The van der Waals surface area contributed by atoms with Crippen LogP contribution in [0.3, 0.4) is 0 Å². The van der Waals surface area contributed by atoms with Gasteiger partial charge in [-0.2, -0.15) is 5.26 Å². The minimum Gasteiger partial charge on any atom is -0.335 e. The molecule has 23 heavy (non-hydrogen) atoms. The van der Waals surface area contributed by atoms with Gasteiger partial charge in [-0.25, -0.2) is 18.2 Å². The maximum atomic E-state index is 13.8. The number of likely N-dealkylation sites (tertiary alicyclic amines) is 1. The van der Waals surface area contributed by atoms with Crippen LogP contribution in [0.5, 0.6) is 0 Å². The smallest absolute Gasteiger partial charge is 0.223 e. The molecular formula is C15H11F3N4O. The largest absolute Gasteiger partial charge is 0.335 e. The third-order valence-electron chi connectivity index (χ3n) is 3.76. The third-order valence-corrected chi connectivity index (χ3v) is 3.76. The van der Waals surface area contributed by atoms with Gasteiger partial charge in [-0.1, -0.05) is 0 Å². The number of hydrogen-bond acceptors (Lipinski definition) is 3. The molecule has 0 radical (unpaired) electrons. The number of amides is 1. The van der Waals surface area contributed by atoms with Crippen LogP contribution in [-0.2, 0) is 11.3 Å². The van der Waals surface area contributed by atoms with Crippen molar-refractivity contribution in [2.45, 2.75) is 18.9 Å². The predicted molar refractivity (Wildman–Crippen MR) is 72.4 cm³/mol. The molecule has 0 saturated carbocycles. The zero-order valence-electron chi connectivity index (χ0n) is 11.8. The van der Waals surface area contributed by atoms with Crippen LogP contribution in [0.2, 0.25) is 0 Å². The molecule has 1 aromatic heterocycles. The van der Waals surface area contributed by atoms with Crippen molar-refractivity contribution >= 4 is 5.91 Å². The highest BCUT2D eigenvalue weighted by Gasteiger charge is 2.33. The van der Waals surface area contributed by atoms with Gasteiger partial charge in [-0.05, 0) is 11.6 Å². The van der Waals surface area contributed by atoms with E-state index in [0.29, 0.717) is 11.9 Å². The van der Waals surface area contributed by atoms with Crippen LogP contribution in [0.4, 0.5) is 13.2 Å². The number of aromatic amines is 1. The summed E-state index contributed by atoms with van der Waals surface area (Å²) in [6.07, 6.45) is 1.31. The molecule has 0 spiro atoms. The molecule has 1 aliphatic rings. The van der Waals surface area contributed by atoms with Gasteiger partial charge in [0.05, 0.1) is 12.7 Å². The minimum absolute atomic E-state index is 0.0361. The Labute approximate surface area is 129 Å². The van der Waals surface area contributed by atoms with Crippen molar-refractivity contribution in [3.8, 4) is 6.07 Å². The Hall–Kier alpha value is -2.82. The molecule has 0 aliphatic carbocycles. The van der Waals surface area contributed by atoms with Crippen molar-refractivity contribution in [3.63, 3.8) is 0 Å². The number of nitrogens with one attached hydrogen (secondary N) is 1. The second kappa shape index (κ2) is 5.76. The van der Waals surface area contributed by atoms with Crippen LogP contribution in [0.25, 0.3) is 0 Å². The van der Waals surface area contributed by atoms with E-state index in [2.05, 4.69) is 9.97 Å². The topological polar surface area (TPSA) is 72.8 Å². The lowest BCUT2D eigenvalue weighted by atomic mass is 9.97. The molecule has 1 unspecified atom stereocenters. The van der Waals surface area contributed by atoms with Gasteiger partial charge in [0.15, 0.2) is 11.6 Å². The van der Waals surface area contributed by atoms with Crippen LogP contribution < -0.4 is 0 Å². The summed E-state index contributed by atoms with van der Waals surface area (Å²) in [7, 11) is 0. The molecule has 0 bridgehead atoms. The summed E-state index contributed by atoms with van der Waals surface area (Å²) in [6, 6.07) is 3.27. The predicted octanol–water partition coefficient (Wildman–Crippen LogP) is 2.21. The highest BCUT2D eigenvalue weighted by atomic mass is 19.2. The summed E-state index contributed by atoms with van der Waals surface area (Å²) < 4.78 is 40.4. The van der Waals surface area contributed by atoms with Crippen LogP contribution in [0.1, 0.15) is 29.4 Å².